The van der Waals surface area contributed by atoms with Crippen molar-refractivity contribution in [3.63, 3.8) is 0 Å². The second-order valence-corrected chi connectivity index (χ2v) is 8.30. The third-order valence-electron chi connectivity index (χ3n) is 4.37. The summed E-state index contributed by atoms with van der Waals surface area (Å²) >= 11 is 5.16. The lowest BCUT2D eigenvalue weighted by Crippen LogP contribution is -2.19. The first-order valence-electron chi connectivity index (χ1n) is 8.87. The van der Waals surface area contributed by atoms with Gasteiger partial charge in [0, 0.05) is 34.7 Å². The summed E-state index contributed by atoms with van der Waals surface area (Å²) in [5.74, 6) is 1.47. The topological polar surface area (TPSA) is 64.9 Å². The lowest BCUT2D eigenvalue weighted by molar-refractivity contribution is 0.217. The Kier molecular flexibility index (Phi) is 5.36. The number of anilines is 1. The van der Waals surface area contributed by atoms with Gasteiger partial charge in [-0.1, -0.05) is 41.0 Å². The zero-order chi connectivity index (χ0) is 18.8. The van der Waals surface area contributed by atoms with Crippen LogP contribution in [0.2, 0.25) is 0 Å². The van der Waals surface area contributed by atoms with Gasteiger partial charge in [0.2, 0.25) is 17.3 Å². The van der Waals surface area contributed by atoms with Crippen LogP contribution in [0.1, 0.15) is 31.7 Å². The summed E-state index contributed by atoms with van der Waals surface area (Å²) in [6.07, 6.45) is 3.90. The van der Waals surface area contributed by atoms with Gasteiger partial charge in [-0.25, -0.2) is 0 Å². The molecule has 0 unspecified atom stereocenters. The molecule has 0 amide bonds. The van der Waals surface area contributed by atoms with Crippen molar-refractivity contribution in [2.75, 3.05) is 11.1 Å². The number of aromatic nitrogens is 4. The molecule has 140 valence electrons. The van der Waals surface area contributed by atoms with Crippen molar-refractivity contribution in [2.24, 2.45) is 7.05 Å². The fraction of sp³-hybridized carbons (Fsp3) is 0.316. The third-order valence-corrected chi connectivity index (χ3v) is 5.79. The molecule has 0 fully saturated rings. The van der Waals surface area contributed by atoms with Crippen molar-refractivity contribution < 1.29 is 4.74 Å². The highest BCUT2D eigenvalue weighted by molar-refractivity contribution is 9.10. The highest BCUT2D eigenvalue weighted by Crippen LogP contribution is 2.40. The number of rotatable bonds is 5. The monoisotopic (exact) mass is 445 g/mol. The van der Waals surface area contributed by atoms with Crippen molar-refractivity contribution in [3.05, 3.63) is 46.7 Å². The second kappa shape index (κ2) is 7.90. The molecule has 0 aliphatic carbocycles. The van der Waals surface area contributed by atoms with Crippen molar-refractivity contribution >= 4 is 33.4 Å². The van der Waals surface area contributed by atoms with Crippen LogP contribution >= 0.6 is 27.7 Å². The predicted molar refractivity (Wildman–Crippen MR) is 111 cm³/mol. The molecule has 27 heavy (non-hydrogen) atoms. The van der Waals surface area contributed by atoms with E-state index in [1.165, 1.54) is 0 Å². The van der Waals surface area contributed by atoms with Crippen molar-refractivity contribution in [3.8, 4) is 17.1 Å². The van der Waals surface area contributed by atoms with Gasteiger partial charge in [0.05, 0.1) is 5.69 Å². The van der Waals surface area contributed by atoms with Gasteiger partial charge in [-0.05, 0) is 36.8 Å². The van der Waals surface area contributed by atoms with Crippen LogP contribution in [0, 0.1) is 0 Å². The van der Waals surface area contributed by atoms with Crippen LogP contribution < -0.4 is 10.1 Å². The number of hydrogen-bond donors (Lipinski definition) is 1. The van der Waals surface area contributed by atoms with Gasteiger partial charge in [0.15, 0.2) is 5.69 Å². The molecule has 1 atom stereocenters. The number of benzene rings is 1. The van der Waals surface area contributed by atoms with Gasteiger partial charge in [-0.3, -0.25) is 0 Å². The van der Waals surface area contributed by atoms with Crippen LogP contribution in [0.15, 0.2) is 46.2 Å². The predicted octanol–water partition coefficient (Wildman–Crippen LogP) is 5.03. The number of thioether (sulfide) groups is 1. The molecule has 0 bridgehead atoms. The highest BCUT2D eigenvalue weighted by atomic mass is 79.9. The largest absolute Gasteiger partial charge is 0.446 e. The molecule has 1 aliphatic heterocycles. The minimum Gasteiger partial charge on any atom is -0.446 e. The summed E-state index contributed by atoms with van der Waals surface area (Å²) in [6.45, 7) is 2.17. The third kappa shape index (κ3) is 3.82. The molecule has 6 nitrogen and oxygen atoms in total. The summed E-state index contributed by atoms with van der Waals surface area (Å²) in [5.41, 5.74) is 3.51. The van der Waals surface area contributed by atoms with Crippen LogP contribution in [0.5, 0.6) is 5.88 Å². The van der Waals surface area contributed by atoms with Crippen molar-refractivity contribution in [1.29, 1.82) is 0 Å². The van der Waals surface area contributed by atoms with E-state index in [1.807, 2.05) is 48.1 Å². The molecule has 1 N–H and O–H groups in total. The Morgan fingerprint density at radius 1 is 1.30 bits per heavy atom. The average molecular weight is 446 g/mol. The Balaban J connectivity index is 1.77. The van der Waals surface area contributed by atoms with E-state index in [2.05, 4.69) is 43.4 Å². The number of fused-ring (bicyclic) bond motifs is 3. The van der Waals surface area contributed by atoms with E-state index in [9.17, 15) is 0 Å². The van der Waals surface area contributed by atoms with Gasteiger partial charge in [0.1, 0.15) is 0 Å². The number of unbranched alkanes of at least 4 members (excludes halogenated alkanes) is 1. The fourth-order valence-electron chi connectivity index (χ4n) is 2.92. The maximum absolute atomic E-state index is 6.28. The zero-order valence-corrected chi connectivity index (χ0v) is 17.5. The molecule has 0 radical (unpaired) electrons. The molecule has 0 saturated heterocycles. The number of ether oxygens (including phenoxy) is 1. The van der Waals surface area contributed by atoms with Gasteiger partial charge in [-0.15, -0.1) is 10.2 Å². The highest BCUT2D eigenvalue weighted by Gasteiger charge is 2.27. The first-order valence-corrected chi connectivity index (χ1v) is 10.7. The molecule has 3 heterocycles. The van der Waals surface area contributed by atoms with Gasteiger partial charge >= 0.3 is 0 Å². The standard InChI is InChI=1S/C19H20BrN5OS/c1-3-4-10-27-19-22-18-16(23-24-19)13-11-12(20)7-8-14(13)21-17(26-18)15-6-5-9-25(15)2/h5-9,11,17,21H,3-4,10H2,1-2H3/t17-/m0/s1. The van der Waals surface area contributed by atoms with Crippen LogP contribution in [0.4, 0.5) is 5.69 Å². The van der Waals surface area contributed by atoms with Crippen molar-refractivity contribution in [1.82, 2.24) is 19.7 Å². The van der Waals surface area contributed by atoms with Crippen molar-refractivity contribution in [2.45, 2.75) is 31.1 Å². The Bertz CT molecular complexity index is 961. The van der Waals surface area contributed by atoms with Crippen LogP contribution in [0.25, 0.3) is 11.3 Å². The molecule has 0 saturated carbocycles. The zero-order valence-electron chi connectivity index (χ0n) is 15.1. The van der Waals surface area contributed by atoms with E-state index < -0.39 is 0 Å². The van der Waals surface area contributed by atoms with E-state index >= 15 is 0 Å². The number of halogens is 1. The lowest BCUT2D eigenvalue weighted by Gasteiger charge is -2.19. The average Bonchev–Trinajstić information content (AvgIpc) is 3.02. The Labute approximate surface area is 170 Å². The lowest BCUT2D eigenvalue weighted by atomic mass is 10.1. The minimum atomic E-state index is -0.364. The Hall–Kier alpha value is -2.06. The summed E-state index contributed by atoms with van der Waals surface area (Å²) < 4.78 is 9.28. The fourth-order valence-corrected chi connectivity index (χ4v) is 4.14. The summed E-state index contributed by atoms with van der Waals surface area (Å²) in [6, 6.07) is 10.1. The van der Waals surface area contributed by atoms with Crippen LogP contribution in [-0.4, -0.2) is 25.5 Å². The maximum Gasteiger partial charge on any atom is 0.247 e. The van der Waals surface area contributed by atoms with E-state index in [-0.39, 0.29) is 6.23 Å². The summed E-state index contributed by atoms with van der Waals surface area (Å²) in [7, 11) is 2.00. The second-order valence-electron chi connectivity index (χ2n) is 6.33. The first-order chi connectivity index (χ1) is 13.2. The van der Waals surface area contributed by atoms with Crippen LogP contribution in [-0.2, 0) is 7.05 Å². The van der Waals surface area contributed by atoms with Gasteiger partial charge in [0.25, 0.3) is 0 Å². The number of hydrogen-bond acceptors (Lipinski definition) is 6. The molecule has 1 aromatic carbocycles. The minimum absolute atomic E-state index is 0.364. The van der Waals surface area contributed by atoms with Gasteiger partial charge < -0.3 is 14.6 Å². The smallest absolute Gasteiger partial charge is 0.247 e. The molecule has 8 heteroatoms. The van der Waals surface area contributed by atoms with E-state index in [4.69, 9.17) is 4.74 Å². The summed E-state index contributed by atoms with van der Waals surface area (Å²) in [4.78, 5) is 4.67. The SMILES string of the molecule is CCCCSc1nnc2c(n1)O[C@@H](c1cccn1C)Nc1ccc(Br)cc1-2. The normalized spacial score (nSPS) is 15.3. The number of aryl methyl sites for hydroxylation is 1. The molecular formula is C19H20BrN5OS. The van der Waals surface area contributed by atoms with E-state index in [0.29, 0.717) is 16.7 Å². The summed E-state index contributed by atoms with van der Waals surface area (Å²) in [5, 5.41) is 12.9. The van der Waals surface area contributed by atoms with E-state index in [0.717, 1.165) is 40.0 Å². The van der Waals surface area contributed by atoms with Gasteiger partial charge in [-0.2, -0.15) is 4.98 Å². The maximum atomic E-state index is 6.28. The molecular weight excluding hydrogens is 426 g/mol. The molecule has 2 aromatic heterocycles. The Morgan fingerprint density at radius 2 is 2.19 bits per heavy atom. The number of nitrogens with zero attached hydrogens (tertiary/aromatic N) is 4. The quantitative estimate of drug-likeness (QED) is 0.438. The van der Waals surface area contributed by atoms with E-state index in [1.54, 1.807) is 11.8 Å². The molecule has 1 aliphatic rings. The van der Waals surface area contributed by atoms with Crippen LogP contribution in [0.3, 0.4) is 0 Å². The molecule has 0 spiro atoms. The molecule has 3 aromatic rings. The first kappa shape index (κ1) is 18.3. The molecule has 4 rings (SSSR count). The number of nitrogens with one attached hydrogen (secondary N) is 1. The Morgan fingerprint density at radius 3 is 2.96 bits per heavy atom.